The highest BCUT2D eigenvalue weighted by Crippen LogP contribution is 2.29. The summed E-state index contributed by atoms with van der Waals surface area (Å²) >= 11 is 0. The number of benzene rings is 1. The molecule has 1 fully saturated rings. The summed E-state index contributed by atoms with van der Waals surface area (Å²) in [6, 6.07) is 3.63. The Morgan fingerprint density at radius 2 is 2.05 bits per heavy atom. The number of hydrogen-bond donors (Lipinski definition) is 2. The molecule has 0 amide bonds. The SMILES string of the molecule is CNc1cc([N+](=O)[O-])ccc1S(=O)(=O)NC1CCCC1C. The number of non-ortho nitro benzene ring substituents is 1. The fraction of sp³-hybridized carbons (Fsp3) is 0.538. The number of nitrogens with zero attached hydrogens (tertiary/aromatic N) is 1. The summed E-state index contributed by atoms with van der Waals surface area (Å²) in [5.74, 6) is 0.302. The molecule has 1 saturated carbocycles. The molecule has 1 aliphatic carbocycles. The van der Waals surface area contributed by atoms with Gasteiger partial charge in [-0.25, -0.2) is 13.1 Å². The van der Waals surface area contributed by atoms with Gasteiger partial charge >= 0.3 is 0 Å². The van der Waals surface area contributed by atoms with Gasteiger partial charge in [-0.3, -0.25) is 10.1 Å². The van der Waals surface area contributed by atoms with Crippen LogP contribution in [0, 0.1) is 16.0 Å². The zero-order valence-electron chi connectivity index (χ0n) is 12.0. The van der Waals surface area contributed by atoms with Crippen LogP contribution in [0.2, 0.25) is 0 Å². The number of nitro groups is 1. The van der Waals surface area contributed by atoms with Crippen LogP contribution in [0.3, 0.4) is 0 Å². The first-order valence-electron chi connectivity index (χ1n) is 6.83. The number of nitro benzene ring substituents is 1. The fourth-order valence-corrected chi connectivity index (χ4v) is 4.22. The molecule has 1 aromatic rings. The molecule has 0 radical (unpaired) electrons. The van der Waals surface area contributed by atoms with E-state index in [0.717, 1.165) is 19.3 Å². The van der Waals surface area contributed by atoms with Crippen molar-refractivity contribution in [1.29, 1.82) is 0 Å². The number of sulfonamides is 1. The van der Waals surface area contributed by atoms with E-state index in [0.29, 0.717) is 5.92 Å². The van der Waals surface area contributed by atoms with Crippen LogP contribution < -0.4 is 10.0 Å². The molecule has 2 N–H and O–H groups in total. The molecule has 0 bridgehead atoms. The minimum absolute atomic E-state index is 0.0368. The van der Waals surface area contributed by atoms with Gasteiger partial charge in [-0.15, -0.1) is 0 Å². The summed E-state index contributed by atoms with van der Waals surface area (Å²) in [5.41, 5.74) is 0.0786. The largest absolute Gasteiger partial charge is 0.387 e. The molecule has 2 rings (SSSR count). The molecule has 2 atom stereocenters. The standard InChI is InChI=1S/C13H19N3O4S/c1-9-4-3-5-11(9)15-21(19,20)13-7-6-10(16(17)18)8-12(13)14-2/h6-9,11,14-15H,3-5H2,1-2H3. The van der Waals surface area contributed by atoms with Crippen LogP contribution in [-0.4, -0.2) is 26.4 Å². The third kappa shape index (κ3) is 3.33. The molecule has 0 aliphatic heterocycles. The normalized spacial score (nSPS) is 22.2. The first kappa shape index (κ1) is 15.7. The minimum Gasteiger partial charge on any atom is -0.387 e. The Morgan fingerprint density at radius 3 is 2.57 bits per heavy atom. The van der Waals surface area contributed by atoms with E-state index < -0.39 is 14.9 Å². The van der Waals surface area contributed by atoms with Gasteiger partial charge in [0.05, 0.1) is 10.6 Å². The van der Waals surface area contributed by atoms with Crippen LogP contribution in [0.4, 0.5) is 11.4 Å². The van der Waals surface area contributed by atoms with E-state index >= 15 is 0 Å². The van der Waals surface area contributed by atoms with Crippen LogP contribution in [0.1, 0.15) is 26.2 Å². The Morgan fingerprint density at radius 1 is 1.33 bits per heavy atom. The predicted molar refractivity (Wildman–Crippen MR) is 79.8 cm³/mol. The summed E-state index contributed by atoms with van der Waals surface area (Å²) in [4.78, 5) is 10.2. The molecule has 0 heterocycles. The van der Waals surface area contributed by atoms with E-state index in [9.17, 15) is 18.5 Å². The summed E-state index contributed by atoms with van der Waals surface area (Å²) < 4.78 is 27.7. The molecule has 0 aromatic heterocycles. The van der Waals surface area contributed by atoms with E-state index in [1.54, 1.807) is 0 Å². The van der Waals surface area contributed by atoms with Crippen LogP contribution >= 0.6 is 0 Å². The lowest BCUT2D eigenvalue weighted by Gasteiger charge is -2.18. The van der Waals surface area contributed by atoms with Gasteiger partial charge in [0.2, 0.25) is 10.0 Å². The Balaban J connectivity index is 2.33. The molecule has 8 heteroatoms. The van der Waals surface area contributed by atoms with Crippen molar-refractivity contribution < 1.29 is 13.3 Å². The van der Waals surface area contributed by atoms with Crippen molar-refractivity contribution in [3.05, 3.63) is 28.3 Å². The highest BCUT2D eigenvalue weighted by molar-refractivity contribution is 7.89. The molecule has 0 spiro atoms. The highest BCUT2D eigenvalue weighted by Gasteiger charge is 2.30. The molecule has 0 saturated heterocycles. The second-order valence-corrected chi connectivity index (χ2v) is 7.01. The summed E-state index contributed by atoms with van der Waals surface area (Å²) in [5, 5.41) is 13.5. The van der Waals surface area contributed by atoms with Crippen LogP contribution in [-0.2, 0) is 10.0 Å². The van der Waals surface area contributed by atoms with Crippen LogP contribution in [0.15, 0.2) is 23.1 Å². The molecule has 7 nitrogen and oxygen atoms in total. The van der Waals surface area contributed by atoms with Crippen molar-refractivity contribution in [2.24, 2.45) is 5.92 Å². The Hall–Kier alpha value is -1.67. The van der Waals surface area contributed by atoms with Gasteiger partial charge in [0.1, 0.15) is 4.90 Å². The van der Waals surface area contributed by atoms with Gasteiger partial charge < -0.3 is 5.32 Å². The van der Waals surface area contributed by atoms with Crippen molar-refractivity contribution >= 4 is 21.4 Å². The average molecular weight is 313 g/mol. The molecule has 116 valence electrons. The van der Waals surface area contributed by atoms with Crippen molar-refractivity contribution in [1.82, 2.24) is 4.72 Å². The van der Waals surface area contributed by atoms with Gasteiger partial charge in [0, 0.05) is 25.2 Å². The second-order valence-electron chi connectivity index (χ2n) is 5.32. The molecular formula is C13H19N3O4S. The van der Waals surface area contributed by atoms with E-state index in [-0.39, 0.29) is 22.3 Å². The first-order chi connectivity index (χ1) is 9.85. The van der Waals surface area contributed by atoms with Crippen LogP contribution in [0.25, 0.3) is 0 Å². The van der Waals surface area contributed by atoms with Crippen molar-refractivity contribution in [2.45, 2.75) is 37.1 Å². The maximum Gasteiger partial charge on any atom is 0.271 e. The highest BCUT2D eigenvalue weighted by atomic mass is 32.2. The number of nitrogens with one attached hydrogen (secondary N) is 2. The van der Waals surface area contributed by atoms with E-state index in [1.165, 1.54) is 25.2 Å². The van der Waals surface area contributed by atoms with Gasteiger partial charge in [0.25, 0.3) is 5.69 Å². The van der Waals surface area contributed by atoms with Gasteiger partial charge in [0.15, 0.2) is 0 Å². The summed E-state index contributed by atoms with van der Waals surface area (Å²) in [6.45, 7) is 2.02. The lowest BCUT2D eigenvalue weighted by atomic mass is 10.1. The summed E-state index contributed by atoms with van der Waals surface area (Å²) in [7, 11) is -2.16. The predicted octanol–water partition coefficient (Wildman–Crippen LogP) is 2.10. The molecule has 21 heavy (non-hydrogen) atoms. The third-order valence-corrected chi connectivity index (χ3v) is 5.45. The zero-order chi connectivity index (χ0) is 15.6. The Labute approximate surface area is 123 Å². The van der Waals surface area contributed by atoms with E-state index in [2.05, 4.69) is 10.0 Å². The smallest absolute Gasteiger partial charge is 0.271 e. The molecule has 1 aliphatic rings. The van der Waals surface area contributed by atoms with Gasteiger partial charge in [-0.1, -0.05) is 13.3 Å². The fourth-order valence-electron chi connectivity index (χ4n) is 2.64. The maximum atomic E-state index is 12.5. The van der Waals surface area contributed by atoms with Crippen LogP contribution in [0.5, 0.6) is 0 Å². The maximum absolute atomic E-state index is 12.5. The van der Waals surface area contributed by atoms with Crippen molar-refractivity contribution in [2.75, 3.05) is 12.4 Å². The van der Waals surface area contributed by atoms with Gasteiger partial charge in [-0.05, 0) is 24.8 Å². The minimum atomic E-state index is -3.70. The Bertz CT molecular complexity index is 645. The lowest BCUT2D eigenvalue weighted by Crippen LogP contribution is -2.36. The Kier molecular flexibility index (Phi) is 4.48. The lowest BCUT2D eigenvalue weighted by molar-refractivity contribution is -0.384. The quantitative estimate of drug-likeness (QED) is 0.640. The number of anilines is 1. The second kappa shape index (κ2) is 5.98. The van der Waals surface area contributed by atoms with Crippen molar-refractivity contribution in [3.8, 4) is 0 Å². The third-order valence-electron chi connectivity index (χ3n) is 3.90. The molecular weight excluding hydrogens is 294 g/mol. The monoisotopic (exact) mass is 313 g/mol. The summed E-state index contributed by atoms with van der Waals surface area (Å²) in [6.07, 6.45) is 2.84. The van der Waals surface area contributed by atoms with Crippen molar-refractivity contribution in [3.63, 3.8) is 0 Å². The molecule has 2 unspecified atom stereocenters. The first-order valence-corrected chi connectivity index (χ1v) is 8.32. The number of rotatable bonds is 5. The van der Waals surface area contributed by atoms with Gasteiger partial charge in [-0.2, -0.15) is 0 Å². The zero-order valence-corrected chi connectivity index (χ0v) is 12.8. The topological polar surface area (TPSA) is 101 Å². The number of hydrogen-bond acceptors (Lipinski definition) is 5. The molecule has 1 aromatic carbocycles. The average Bonchev–Trinajstić information content (AvgIpc) is 2.82. The van der Waals surface area contributed by atoms with E-state index in [4.69, 9.17) is 0 Å². The van der Waals surface area contributed by atoms with E-state index in [1.807, 2.05) is 6.92 Å².